The van der Waals surface area contributed by atoms with Crippen LogP contribution in [0.1, 0.15) is 5.56 Å². The first kappa shape index (κ1) is 20.1. The summed E-state index contributed by atoms with van der Waals surface area (Å²) in [6.45, 7) is 0. The van der Waals surface area contributed by atoms with E-state index in [0.29, 0.717) is 0 Å². The minimum absolute atomic E-state index is 0.160. The van der Waals surface area contributed by atoms with Crippen LogP contribution in [0.25, 0.3) is 11.1 Å². The van der Waals surface area contributed by atoms with Crippen LogP contribution in [0.15, 0.2) is 24.4 Å². The highest BCUT2D eigenvalue weighted by atomic mass is 35.5. The monoisotopic (exact) mass is 424 g/mol. The number of alkyl halides is 7. The molecule has 0 aliphatic carbocycles. The van der Waals surface area contributed by atoms with E-state index in [9.17, 15) is 30.7 Å². The summed E-state index contributed by atoms with van der Waals surface area (Å²) in [5.41, 5.74) is -8.98. The smallest absolute Gasteiger partial charge is 0.244 e. The third kappa shape index (κ3) is 3.39. The number of halogens is 10. The zero-order chi connectivity index (χ0) is 19.2. The fraction of sp³-hybridized carbons (Fsp3) is 0.214. The molecule has 1 heterocycles. The van der Waals surface area contributed by atoms with Crippen molar-refractivity contribution in [3.8, 4) is 11.1 Å². The van der Waals surface area contributed by atoms with Crippen molar-refractivity contribution in [2.75, 3.05) is 0 Å². The lowest BCUT2D eigenvalue weighted by Gasteiger charge is -2.32. The van der Waals surface area contributed by atoms with Crippen LogP contribution in [0.3, 0.4) is 0 Å². The number of aromatic nitrogens is 1. The van der Waals surface area contributed by atoms with Gasteiger partial charge in [0.15, 0.2) is 0 Å². The van der Waals surface area contributed by atoms with E-state index >= 15 is 0 Å². The Balaban J connectivity index is 2.97. The molecular weight excluding hydrogens is 422 g/mol. The highest BCUT2D eigenvalue weighted by Crippen LogP contribution is 2.56. The molecule has 25 heavy (non-hydrogen) atoms. The largest absolute Gasteiger partial charge is 0.435 e. The topological polar surface area (TPSA) is 12.9 Å². The first-order chi connectivity index (χ1) is 11.3. The molecule has 0 N–H and O–H groups in total. The molecule has 0 bridgehead atoms. The summed E-state index contributed by atoms with van der Waals surface area (Å²) in [7, 11) is 0. The van der Waals surface area contributed by atoms with Crippen molar-refractivity contribution < 1.29 is 30.7 Å². The average Bonchev–Trinajstić information content (AvgIpc) is 2.44. The Morgan fingerprint density at radius 1 is 0.920 bits per heavy atom. The van der Waals surface area contributed by atoms with E-state index in [-0.39, 0.29) is 6.07 Å². The molecule has 0 spiro atoms. The van der Waals surface area contributed by atoms with Crippen LogP contribution in [0.2, 0.25) is 15.2 Å². The van der Waals surface area contributed by atoms with Crippen molar-refractivity contribution in [1.82, 2.24) is 4.98 Å². The summed E-state index contributed by atoms with van der Waals surface area (Å²) >= 11 is 16.9. The fourth-order valence-corrected chi connectivity index (χ4v) is 2.87. The quantitative estimate of drug-likeness (QED) is 0.381. The maximum absolute atomic E-state index is 14.5. The van der Waals surface area contributed by atoms with E-state index in [2.05, 4.69) is 11.1 Å². The summed E-state index contributed by atoms with van der Waals surface area (Å²) in [4.78, 5) is 3.54. The summed E-state index contributed by atoms with van der Waals surface area (Å²) < 4.78 is 93.2. The Kier molecular flexibility index (Phi) is 5.20. The van der Waals surface area contributed by atoms with Crippen molar-refractivity contribution in [3.05, 3.63) is 51.2 Å². The summed E-state index contributed by atoms with van der Waals surface area (Å²) in [5.74, 6) is 0. The molecule has 2 aromatic rings. The molecule has 0 aliphatic rings. The molecule has 0 saturated heterocycles. The Bertz CT molecular complexity index is 788. The second kappa shape index (κ2) is 6.48. The molecule has 1 radical (unpaired) electrons. The number of rotatable bonds is 2. The van der Waals surface area contributed by atoms with Crippen LogP contribution in [0.5, 0.6) is 0 Å². The summed E-state index contributed by atoms with van der Waals surface area (Å²) in [6.07, 6.45) is -11.6. The Morgan fingerprint density at radius 3 is 1.96 bits per heavy atom. The molecule has 2 rings (SSSR count). The zero-order valence-electron chi connectivity index (χ0n) is 11.5. The van der Waals surface area contributed by atoms with Crippen LogP contribution in [0.4, 0.5) is 30.7 Å². The number of pyridine rings is 1. The molecule has 0 unspecified atom stereocenters. The summed E-state index contributed by atoms with van der Waals surface area (Å²) in [6, 6.07) is 4.50. The highest BCUT2D eigenvalue weighted by molar-refractivity contribution is 6.38. The molecule has 0 amide bonds. The molecular formula is C14H4Cl3F7N. The van der Waals surface area contributed by atoms with Gasteiger partial charge in [-0.05, 0) is 18.2 Å². The van der Waals surface area contributed by atoms with Crippen molar-refractivity contribution in [1.29, 1.82) is 0 Å². The van der Waals surface area contributed by atoms with Gasteiger partial charge in [0.2, 0.25) is 0 Å². The lowest BCUT2D eigenvalue weighted by atomic mass is 9.87. The predicted octanol–water partition coefficient (Wildman–Crippen LogP) is 6.80. The first-order valence-electron chi connectivity index (χ1n) is 6.15. The lowest BCUT2D eigenvalue weighted by molar-refractivity contribution is -0.348. The molecule has 0 fully saturated rings. The molecule has 11 heteroatoms. The van der Waals surface area contributed by atoms with Crippen molar-refractivity contribution >= 4 is 34.8 Å². The van der Waals surface area contributed by atoms with Gasteiger partial charge in [0.25, 0.3) is 0 Å². The fourth-order valence-electron chi connectivity index (χ4n) is 2.09. The van der Waals surface area contributed by atoms with E-state index in [1.54, 1.807) is 0 Å². The maximum Gasteiger partial charge on any atom is 0.435 e. The normalized spacial score (nSPS) is 13.2. The van der Waals surface area contributed by atoms with E-state index in [1.165, 1.54) is 6.07 Å². The van der Waals surface area contributed by atoms with Crippen LogP contribution in [-0.2, 0) is 5.67 Å². The third-order valence-corrected chi connectivity index (χ3v) is 3.96. The van der Waals surface area contributed by atoms with E-state index in [0.717, 1.165) is 12.3 Å². The van der Waals surface area contributed by atoms with E-state index in [1.807, 2.05) is 0 Å². The Labute approximate surface area is 151 Å². The van der Waals surface area contributed by atoms with Crippen LogP contribution >= 0.6 is 34.8 Å². The van der Waals surface area contributed by atoms with Gasteiger partial charge in [0, 0.05) is 29.0 Å². The predicted molar refractivity (Wildman–Crippen MR) is 78.4 cm³/mol. The average molecular weight is 426 g/mol. The number of hydrogen-bond donors (Lipinski definition) is 0. The van der Waals surface area contributed by atoms with Crippen LogP contribution < -0.4 is 0 Å². The molecule has 1 aromatic carbocycles. The molecule has 135 valence electrons. The van der Waals surface area contributed by atoms with Crippen LogP contribution in [0, 0.1) is 6.07 Å². The van der Waals surface area contributed by atoms with Gasteiger partial charge in [-0.2, -0.15) is 26.3 Å². The minimum atomic E-state index is -6.34. The zero-order valence-corrected chi connectivity index (χ0v) is 13.8. The minimum Gasteiger partial charge on any atom is -0.244 e. The van der Waals surface area contributed by atoms with E-state index in [4.69, 9.17) is 34.8 Å². The Morgan fingerprint density at radius 2 is 1.48 bits per heavy atom. The molecule has 0 saturated carbocycles. The molecule has 1 nitrogen and oxygen atoms in total. The molecule has 1 aromatic heterocycles. The van der Waals surface area contributed by atoms with Gasteiger partial charge in [-0.15, -0.1) is 0 Å². The van der Waals surface area contributed by atoms with Gasteiger partial charge < -0.3 is 0 Å². The van der Waals surface area contributed by atoms with Gasteiger partial charge in [0.05, 0.1) is 10.0 Å². The number of nitrogens with zero attached hydrogens (tertiary/aromatic N) is 1. The number of hydrogen-bond acceptors (Lipinski definition) is 1. The molecule has 0 aliphatic heterocycles. The van der Waals surface area contributed by atoms with Gasteiger partial charge in [-0.25, -0.2) is 9.37 Å². The third-order valence-electron chi connectivity index (χ3n) is 3.17. The van der Waals surface area contributed by atoms with Crippen molar-refractivity contribution in [2.24, 2.45) is 0 Å². The Hall–Kier alpha value is -1.25. The van der Waals surface area contributed by atoms with Gasteiger partial charge in [0.1, 0.15) is 5.15 Å². The lowest BCUT2D eigenvalue weighted by Crippen LogP contribution is -2.50. The standard InChI is InChI=1S/C14H4Cl3F7N/c15-6-4-8(12(18,13(19,20)21)14(22,23)24)10(9(16)5-6)7-2-1-3-25-11(7)17/h1-4H. The summed E-state index contributed by atoms with van der Waals surface area (Å²) in [5, 5.41) is -1.99. The van der Waals surface area contributed by atoms with E-state index < -0.39 is 49.9 Å². The van der Waals surface area contributed by atoms with Crippen LogP contribution in [-0.4, -0.2) is 17.3 Å². The maximum atomic E-state index is 14.5. The van der Waals surface area contributed by atoms with Gasteiger partial charge >= 0.3 is 18.0 Å². The van der Waals surface area contributed by atoms with Gasteiger partial charge in [-0.3, -0.25) is 0 Å². The number of benzene rings is 1. The second-order valence-corrected chi connectivity index (χ2v) is 5.86. The van der Waals surface area contributed by atoms with Gasteiger partial charge in [-0.1, -0.05) is 34.8 Å². The second-order valence-electron chi connectivity index (χ2n) is 4.72. The highest BCUT2D eigenvalue weighted by Gasteiger charge is 2.74. The van der Waals surface area contributed by atoms with Crippen molar-refractivity contribution in [3.63, 3.8) is 0 Å². The first-order valence-corrected chi connectivity index (χ1v) is 7.29. The van der Waals surface area contributed by atoms with Crippen molar-refractivity contribution in [2.45, 2.75) is 18.0 Å². The SMILES string of the molecule is FC(F)(F)C(F)(c1cc(Cl)[c]c(Cl)c1-c1cccnc1Cl)C(F)(F)F. The molecule has 0 atom stereocenters.